The normalized spacial score (nSPS) is 10.6. The SMILES string of the molecule is C=C(CCCCCCCS(=O)(=O)O)C(=O)[O-].[Na+]. The molecule has 0 aromatic carbocycles. The van der Waals surface area contributed by atoms with E-state index in [2.05, 4.69) is 6.58 Å². The Balaban J connectivity index is 0. The topological polar surface area (TPSA) is 94.5 Å². The van der Waals surface area contributed by atoms with Gasteiger partial charge in [0.15, 0.2) is 0 Å². The van der Waals surface area contributed by atoms with Crippen molar-refractivity contribution >= 4 is 16.1 Å². The van der Waals surface area contributed by atoms with Crippen LogP contribution >= 0.6 is 0 Å². The summed E-state index contributed by atoms with van der Waals surface area (Å²) in [4.78, 5) is 10.3. The fourth-order valence-corrected chi connectivity index (χ4v) is 1.82. The molecule has 0 spiro atoms. The second kappa shape index (κ2) is 10.1. The molecule has 7 heteroatoms. The molecule has 0 radical (unpaired) electrons. The molecule has 0 aliphatic rings. The van der Waals surface area contributed by atoms with Gasteiger partial charge in [0, 0.05) is 0 Å². The summed E-state index contributed by atoms with van der Waals surface area (Å²) in [5, 5.41) is 10.3. The van der Waals surface area contributed by atoms with Crippen LogP contribution in [0.4, 0.5) is 0 Å². The Hall–Kier alpha value is 0.120. The average molecular weight is 272 g/mol. The van der Waals surface area contributed by atoms with Crippen LogP contribution in [0.5, 0.6) is 0 Å². The summed E-state index contributed by atoms with van der Waals surface area (Å²) in [7, 11) is -3.84. The molecule has 17 heavy (non-hydrogen) atoms. The molecule has 0 heterocycles. The van der Waals surface area contributed by atoms with Gasteiger partial charge in [0.2, 0.25) is 0 Å². The number of aliphatic carboxylic acids is 1. The molecule has 0 unspecified atom stereocenters. The van der Waals surface area contributed by atoms with E-state index in [1.54, 1.807) is 0 Å². The van der Waals surface area contributed by atoms with Crippen LogP contribution in [0.3, 0.4) is 0 Å². The number of carboxylic acids is 1. The summed E-state index contributed by atoms with van der Waals surface area (Å²) >= 11 is 0. The zero-order valence-electron chi connectivity index (χ0n) is 10.1. The summed E-state index contributed by atoms with van der Waals surface area (Å²) in [5.41, 5.74) is 0.0953. The summed E-state index contributed by atoms with van der Waals surface area (Å²) in [6.07, 6.45) is 3.88. The van der Waals surface area contributed by atoms with Gasteiger partial charge in [0.1, 0.15) is 0 Å². The third-order valence-corrected chi connectivity index (χ3v) is 2.97. The molecular weight excluding hydrogens is 255 g/mol. The van der Waals surface area contributed by atoms with Crippen LogP contribution in [-0.2, 0) is 14.9 Å². The van der Waals surface area contributed by atoms with Gasteiger partial charge in [-0.3, -0.25) is 4.55 Å². The smallest absolute Gasteiger partial charge is 0.545 e. The Morgan fingerprint density at radius 1 is 1.12 bits per heavy atom. The minimum absolute atomic E-state index is 0. The average Bonchev–Trinajstić information content (AvgIpc) is 2.14. The number of carbonyl (C=O) groups is 1. The first-order valence-electron chi connectivity index (χ1n) is 5.17. The first-order chi connectivity index (χ1) is 7.33. The van der Waals surface area contributed by atoms with E-state index in [0.29, 0.717) is 25.7 Å². The predicted octanol–water partition coefficient (Wildman–Crippen LogP) is -2.48. The van der Waals surface area contributed by atoms with Crippen LogP contribution in [0.15, 0.2) is 12.2 Å². The van der Waals surface area contributed by atoms with Crippen LogP contribution in [0.25, 0.3) is 0 Å². The van der Waals surface area contributed by atoms with Gasteiger partial charge in [0.05, 0.1) is 11.7 Å². The van der Waals surface area contributed by atoms with E-state index < -0.39 is 16.1 Å². The second-order valence-corrected chi connectivity index (χ2v) is 5.27. The van der Waals surface area contributed by atoms with Gasteiger partial charge < -0.3 is 9.90 Å². The van der Waals surface area contributed by atoms with Gasteiger partial charge in [-0.2, -0.15) is 8.42 Å². The van der Waals surface area contributed by atoms with Gasteiger partial charge >= 0.3 is 29.6 Å². The molecule has 0 rings (SSSR count). The summed E-state index contributed by atoms with van der Waals surface area (Å²) < 4.78 is 29.2. The molecule has 94 valence electrons. The van der Waals surface area contributed by atoms with E-state index in [9.17, 15) is 18.3 Å². The standard InChI is InChI=1S/C10H18O5S.Na/c1-9(10(11)12)7-5-3-2-4-6-8-16(13,14)15;/h1-8H2,(H,11,12)(H,13,14,15);/q;+1/p-1. The maximum atomic E-state index is 10.4. The van der Waals surface area contributed by atoms with E-state index in [1.807, 2.05) is 0 Å². The van der Waals surface area contributed by atoms with Crippen molar-refractivity contribution < 1.29 is 52.4 Å². The monoisotopic (exact) mass is 272 g/mol. The van der Waals surface area contributed by atoms with Crippen molar-refractivity contribution in [2.45, 2.75) is 38.5 Å². The molecule has 0 bridgehead atoms. The summed E-state index contributed by atoms with van der Waals surface area (Å²) in [5.74, 6) is -1.43. The molecule has 0 saturated carbocycles. The molecule has 0 aliphatic heterocycles. The molecule has 1 N–H and O–H groups in total. The quantitative estimate of drug-likeness (QED) is 0.217. The van der Waals surface area contributed by atoms with Gasteiger partial charge in [-0.1, -0.05) is 25.8 Å². The molecule has 0 aromatic rings. The minimum atomic E-state index is -3.84. The van der Waals surface area contributed by atoms with Gasteiger partial charge in [-0.25, -0.2) is 0 Å². The Morgan fingerprint density at radius 3 is 2.06 bits per heavy atom. The van der Waals surface area contributed by atoms with Crippen LogP contribution in [-0.4, -0.2) is 24.7 Å². The molecule has 0 aliphatic carbocycles. The first-order valence-corrected chi connectivity index (χ1v) is 6.78. The summed E-state index contributed by atoms with van der Waals surface area (Å²) in [6, 6.07) is 0. The van der Waals surface area contributed by atoms with E-state index in [1.165, 1.54) is 0 Å². The van der Waals surface area contributed by atoms with Crippen LogP contribution in [0.2, 0.25) is 0 Å². The Morgan fingerprint density at radius 2 is 1.59 bits per heavy atom. The maximum absolute atomic E-state index is 10.4. The van der Waals surface area contributed by atoms with E-state index in [-0.39, 0.29) is 40.9 Å². The van der Waals surface area contributed by atoms with Crippen LogP contribution in [0, 0.1) is 0 Å². The number of carboxylic acid groups (broad SMARTS) is 1. The molecular formula is C10H17NaO5S. The Bertz CT molecular complexity index is 337. The van der Waals surface area contributed by atoms with Crippen molar-refractivity contribution in [3.63, 3.8) is 0 Å². The second-order valence-electron chi connectivity index (χ2n) is 3.69. The number of unbranched alkanes of at least 4 members (excludes halogenated alkanes) is 4. The van der Waals surface area contributed by atoms with Crippen molar-refractivity contribution in [1.82, 2.24) is 0 Å². The summed E-state index contributed by atoms with van der Waals surface area (Å²) in [6.45, 7) is 3.35. The van der Waals surface area contributed by atoms with Crippen molar-refractivity contribution in [1.29, 1.82) is 0 Å². The third kappa shape index (κ3) is 14.1. The molecule has 0 saturated heterocycles. The van der Waals surface area contributed by atoms with E-state index in [4.69, 9.17) is 4.55 Å². The van der Waals surface area contributed by atoms with Gasteiger partial charge in [0.25, 0.3) is 10.1 Å². The van der Waals surface area contributed by atoms with Crippen molar-refractivity contribution in [2.24, 2.45) is 0 Å². The van der Waals surface area contributed by atoms with Crippen molar-refractivity contribution in [2.75, 3.05) is 5.75 Å². The molecule has 0 fully saturated rings. The zero-order chi connectivity index (χ0) is 12.6. The van der Waals surface area contributed by atoms with Crippen LogP contribution in [0.1, 0.15) is 38.5 Å². The number of hydrogen-bond donors (Lipinski definition) is 1. The fraction of sp³-hybridized carbons (Fsp3) is 0.700. The first kappa shape index (κ1) is 19.5. The zero-order valence-corrected chi connectivity index (χ0v) is 13.0. The molecule has 5 nitrogen and oxygen atoms in total. The van der Waals surface area contributed by atoms with Gasteiger partial charge in [-0.05, 0) is 24.8 Å². The maximum Gasteiger partial charge on any atom is 1.00 e. The van der Waals surface area contributed by atoms with E-state index in [0.717, 1.165) is 12.8 Å². The third-order valence-electron chi connectivity index (χ3n) is 2.17. The minimum Gasteiger partial charge on any atom is -0.545 e. The van der Waals surface area contributed by atoms with Crippen molar-refractivity contribution in [3.8, 4) is 0 Å². The van der Waals surface area contributed by atoms with Crippen LogP contribution < -0.4 is 34.7 Å². The number of rotatable bonds is 9. The van der Waals surface area contributed by atoms with Crippen molar-refractivity contribution in [3.05, 3.63) is 12.2 Å². The van der Waals surface area contributed by atoms with Gasteiger partial charge in [-0.15, -0.1) is 0 Å². The molecule has 0 amide bonds. The Kier molecular flexibility index (Phi) is 11.5. The largest absolute Gasteiger partial charge is 1.00 e. The molecule has 0 aromatic heterocycles. The van der Waals surface area contributed by atoms with E-state index >= 15 is 0 Å². The predicted molar refractivity (Wildman–Crippen MR) is 58.3 cm³/mol. The molecule has 0 atom stereocenters. The Labute approximate surface area is 124 Å². The fourth-order valence-electron chi connectivity index (χ4n) is 1.26. The number of carbonyl (C=O) groups excluding carboxylic acids is 1. The number of hydrogen-bond acceptors (Lipinski definition) is 4.